The van der Waals surface area contributed by atoms with E-state index < -0.39 is 0 Å². The van der Waals surface area contributed by atoms with Gasteiger partial charge in [-0.2, -0.15) is 0 Å². The van der Waals surface area contributed by atoms with Crippen molar-refractivity contribution in [1.29, 1.82) is 0 Å². The Kier molecular flexibility index (Phi) is 4.90. The lowest BCUT2D eigenvalue weighted by Gasteiger charge is -2.13. The number of hydrogen-bond acceptors (Lipinski definition) is 4. The van der Waals surface area contributed by atoms with Crippen LogP contribution < -0.4 is 10.6 Å². The van der Waals surface area contributed by atoms with Crippen LogP contribution in [0, 0.1) is 23.0 Å². The molecule has 1 aromatic carbocycles. The standard InChI is InChI=1S/C12H19N3O2/c1-9-4-11(6-12(5-9)15(16)17)14-8-10(2)7-13-3/h4-6,10,13-14H,7-8H2,1-3H3. The van der Waals surface area contributed by atoms with Crippen LogP contribution in [0.1, 0.15) is 12.5 Å². The van der Waals surface area contributed by atoms with Crippen molar-refractivity contribution < 1.29 is 4.92 Å². The second-order valence-corrected chi connectivity index (χ2v) is 4.36. The summed E-state index contributed by atoms with van der Waals surface area (Å²) in [6.07, 6.45) is 0. The minimum Gasteiger partial charge on any atom is -0.385 e. The third-order valence-electron chi connectivity index (χ3n) is 2.48. The van der Waals surface area contributed by atoms with Crippen molar-refractivity contribution in [3.8, 4) is 0 Å². The maximum atomic E-state index is 10.7. The zero-order valence-electron chi connectivity index (χ0n) is 10.5. The van der Waals surface area contributed by atoms with Crippen LogP contribution in [0.15, 0.2) is 18.2 Å². The first-order valence-corrected chi connectivity index (χ1v) is 5.67. The Hall–Kier alpha value is -1.62. The summed E-state index contributed by atoms with van der Waals surface area (Å²) in [5, 5.41) is 17.0. The molecule has 1 unspecified atom stereocenters. The Morgan fingerprint density at radius 1 is 1.35 bits per heavy atom. The summed E-state index contributed by atoms with van der Waals surface area (Å²) in [6, 6.07) is 5.06. The van der Waals surface area contributed by atoms with Gasteiger partial charge in [-0.3, -0.25) is 10.1 Å². The number of nitro benzene ring substituents is 1. The highest BCUT2D eigenvalue weighted by atomic mass is 16.6. The van der Waals surface area contributed by atoms with Crippen LogP contribution in [0.3, 0.4) is 0 Å². The number of nitrogens with zero attached hydrogens (tertiary/aromatic N) is 1. The molecule has 0 heterocycles. The van der Waals surface area contributed by atoms with E-state index in [-0.39, 0.29) is 10.6 Å². The highest BCUT2D eigenvalue weighted by Crippen LogP contribution is 2.20. The van der Waals surface area contributed by atoms with Crippen molar-refractivity contribution in [1.82, 2.24) is 5.32 Å². The van der Waals surface area contributed by atoms with Gasteiger partial charge in [0.25, 0.3) is 5.69 Å². The summed E-state index contributed by atoms with van der Waals surface area (Å²) >= 11 is 0. The van der Waals surface area contributed by atoms with Crippen LogP contribution >= 0.6 is 0 Å². The van der Waals surface area contributed by atoms with Crippen LogP contribution in [-0.2, 0) is 0 Å². The van der Waals surface area contributed by atoms with Gasteiger partial charge in [0.05, 0.1) is 4.92 Å². The first-order chi connectivity index (χ1) is 8.02. The number of rotatable bonds is 6. The highest BCUT2D eigenvalue weighted by molar-refractivity contribution is 5.53. The number of hydrogen-bond donors (Lipinski definition) is 2. The Bertz CT molecular complexity index is 393. The topological polar surface area (TPSA) is 67.2 Å². The second-order valence-electron chi connectivity index (χ2n) is 4.36. The van der Waals surface area contributed by atoms with Gasteiger partial charge in [0.15, 0.2) is 0 Å². The Morgan fingerprint density at radius 2 is 2.06 bits per heavy atom. The van der Waals surface area contributed by atoms with E-state index in [9.17, 15) is 10.1 Å². The fourth-order valence-electron chi connectivity index (χ4n) is 1.68. The lowest BCUT2D eigenvalue weighted by atomic mass is 10.1. The van der Waals surface area contributed by atoms with Crippen LogP contribution in [0.4, 0.5) is 11.4 Å². The van der Waals surface area contributed by atoms with Crippen molar-refractivity contribution in [2.45, 2.75) is 13.8 Å². The van der Waals surface area contributed by atoms with Gasteiger partial charge in [-0.1, -0.05) is 6.92 Å². The summed E-state index contributed by atoms with van der Waals surface area (Å²) in [7, 11) is 1.91. The van der Waals surface area contributed by atoms with Crippen LogP contribution in [-0.4, -0.2) is 25.1 Å². The first kappa shape index (κ1) is 13.4. The number of aryl methyl sites for hydroxylation is 1. The molecule has 0 amide bonds. The van der Waals surface area contributed by atoms with Crippen molar-refractivity contribution in [3.63, 3.8) is 0 Å². The van der Waals surface area contributed by atoms with Crippen molar-refractivity contribution in [2.24, 2.45) is 5.92 Å². The Balaban J connectivity index is 2.68. The lowest BCUT2D eigenvalue weighted by Crippen LogP contribution is -2.22. The minimum atomic E-state index is -0.366. The third-order valence-corrected chi connectivity index (χ3v) is 2.48. The van der Waals surface area contributed by atoms with Gasteiger partial charge in [-0.15, -0.1) is 0 Å². The van der Waals surface area contributed by atoms with E-state index >= 15 is 0 Å². The van der Waals surface area contributed by atoms with E-state index in [2.05, 4.69) is 17.6 Å². The normalized spacial score (nSPS) is 12.2. The number of anilines is 1. The van der Waals surface area contributed by atoms with Crippen LogP contribution in [0.2, 0.25) is 0 Å². The fourth-order valence-corrected chi connectivity index (χ4v) is 1.68. The fraction of sp³-hybridized carbons (Fsp3) is 0.500. The molecule has 17 heavy (non-hydrogen) atoms. The molecule has 0 aliphatic heterocycles. The molecule has 0 saturated heterocycles. The van der Waals surface area contributed by atoms with E-state index in [1.807, 2.05) is 20.0 Å². The average Bonchev–Trinajstić information content (AvgIpc) is 2.26. The average molecular weight is 237 g/mol. The van der Waals surface area contributed by atoms with E-state index in [1.54, 1.807) is 12.1 Å². The van der Waals surface area contributed by atoms with Crippen molar-refractivity contribution in [3.05, 3.63) is 33.9 Å². The Labute approximate surface area is 101 Å². The molecule has 0 bridgehead atoms. The molecule has 0 aliphatic rings. The number of benzene rings is 1. The van der Waals surface area contributed by atoms with Gasteiger partial charge in [0.1, 0.15) is 0 Å². The predicted molar refractivity (Wildman–Crippen MR) is 69.4 cm³/mol. The first-order valence-electron chi connectivity index (χ1n) is 5.67. The summed E-state index contributed by atoms with van der Waals surface area (Å²) in [5.41, 5.74) is 1.83. The maximum absolute atomic E-state index is 10.7. The molecule has 2 N–H and O–H groups in total. The van der Waals surface area contributed by atoms with E-state index in [4.69, 9.17) is 0 Å². The quantitative estimate of drug-likeness (QED) is 0.587. The molecule has 5 nitrogen and oxygen atoms in total. The van der Waals surface area contributed by atoms with E-state index in [0.717, 1.165) is 24.3 Å². The van der Waals surface area contributed by atoms with Gasteiger partial charge in [-0.05, 0) is 38.1 Å². The van der Waals surface area contributed by atoms with Gasteiger partial charge in [-0.25, -0.2) is 0 Å². The maximum Gasteiger partial charge on any atom is 0.271 e. The predicted octanol–water partition coefficient (Wildman–Crippen LogP) is 2.17. The van der Waals surface area contributed by atoms with Crippen LogP contribution in [0.5, 0.6) is 0 Å². The monoisotopic (exact) mass is 237 g/mol. The van der Waals surface area contributed by atoms with Gasteiger partial charge < -0.3 is 10.6 Å². The molecular weight excluding hydrogens is 218 g/mol. The summed E-state index contributed by atoms with van der Waals surface area (Å²) in [6.45, 7) is 5.69. The second kappa shape index (κ2) is 6.20. The summed E-state index contributed by atoms with van der Waals surface area (Å²) < 4.78 is 0. The third kappa shape index (κ3) is 4.40. The van der Waals surface area contributed by atoms with Crippen LogP contribution in [0.25, 0.3) is 0 Å². The molecule has 5 heteroatoms. The summed E-state index contributed by atoms with van der Waals surface area (Å²) in [5.74, 6) is 0.472. The number of non-ortho nitro benzene ring substituents is 1. The molecule has 0 radical (unpaired) electrons. The minimum absolute atomic E-state index is 0.133. The SMILES string of the molecule is CNCC(C)CNc1cc(C)cc([N+](=O)[O-])c1. The zero-order valence-corrected chi connectivity index (χ0v) is 10.5. The van der Waals surface area contributed by atoms with E-state index in [1.165, 1.54) is 0 Å². The smallest absolute Gasteiger partial charge is 0.271 e. The number of nitrogens with one attached hydrogen (secondary N) is 2. The van der Waals surface area contributed by atoms with E-state index in [0.29, 0.717) is 5.92 Å². The molecule has 1 atom stereocenters. The lowest BCUT2D eigenvalue weighted by molar-refractivity contribution is -0.384. The molecule has 0 aromatic heterocycles. The van der Waals surface area contributed by atoms with Gasteiger partial charge >= 0.3 is 0 Å². The van der Waals surface area contributed by atoms with Crippen molar-refractivity contribution >= 4 is 11.4 Å². The molecule has 0 fully saturated rings. The molecule has 0 saturated carbocycles. The van der Waals surface area contributed by atoms with Crippen molar-refractivity contribution in [2.75, 3.05) is 25.5 Å². The molecule has 0 aliphatic carbocycles. The summed E-state index contributed by atoms with van der Waals surface area (Å²) in [4.78, 5) is 10.3. The molecule has 94 valence electrons. The molecular formula is C12H19N3O2. The molecule has 1 aromatic rings. The molecule has 0 spiro atoms. The van der Waals surface area contributed by atoms with Gasteiger partial charge in [0.2, 0.25) is 0 Å². The van der Waals surface area contributed by atoms with Gasteiger partial charge in [0, 0.05) is 24.4 Å². The molecule has 1 rings (SSSR count). The Morgan fingerprint density at radius 3 is 2.65 bits per heavy atom. The largest absolute Gasteiger partial charge is 0.385 e. The number of nitro groups is 1. The zero-order chi connectivity index (χ0) is 12.8. The highest BCUT2D eigenvalue weighted by Gasteiger charge is 2.08.